The van der Waals surface area contributed by atoms with Crippen LogP contribution in [-0.2, 0) is 13.0 Å². The van der Waals surface area contributed by atoms with E-state index in [0.29, 0.717) is 47.4 Å². The van der Waals surface area contributed by atoms with Gasteiger partial charge in [0.2, 0.25) is 5.89 Å². The highest BCUT2D eigenvalue weighted by Crippen LogP contribution is 2.24. The minimum absolute atomic E-state index is 0.0838. The Kier molecular flexibility index (Phi) is 6.17. The average Bonchev–Trinajstić information content (AvgIpc) is 3.34. The zero-order valence-corrected chi connectivity index (χ0v) is 17.6. The van der Waals surface area contributed by atoms with E-state index >= 15 is 0 Å². The van der Waals surface area contributed by atoms with Gasteiger partial charge in [0, 0.05) is 30.9 Å². The number of nitro benzene ring substituents is 1. The lowest BCUT2D eigenvalue weighted by Gasteiger charge is -2.08. The van der Waals surface area contributed by atoms with Gasteiger partial charge in [0.15, 0.2) is 5.58 Å². The molecule has 4 rings (SSSR count). The number of nitro groups is 1. The van der Waals surface area contributed by atoms with Crippen molar-refractivity contribution in [2.24, 2.45) is 0 Å². The van der Waals surface area contributed by atoms with Crippen molar-refractivity contribution < 1.29 is 13.8 Å². The molecule has 0 aliphatic heterocycles. The molecule has 0 amide bonds. The molecule has 2 aromatic carbocycles. The number of nitrogens with zero attached hydrogens (tertiary/aromatic N) is 4. The van der Waals surface area contributed by atoms with Crippen LogP contribution < -0.4 is 5.76 Å². The molecule has 4 aromatic rings. The second-order valence-electron chi connectivity index (χ2n) is 7.11. The maximum Gasteiger partial charge on any atom is 0.419 e. The molecule has 1 unspecified atom stereocenters. The molecule has 1 atom stereocenters. The topological polar surface area (TPSA) is 117 Å². The van der Waals surface area contributed by atoms with Crippen LogP contribution in [0.15, 0.2) is 67.4 Å². The smallest absolute Gasteiger partial charge is 0.416 e. The van der Waals surface area contributed by atoms with Crippen molar-refractivity contribution in [2.75, 3.05) is 5.75 Å². The van der Waals surface area contributed by atoms with Gasteiger partial charge in [0.25, 0.3) is 10.9 Å². The van der Waals surface area contributed by atoms with E-state index in [1.165, 1.54) is 40.1 Å². The molecule has 0 aliphatic carbocycles. The standard InChI is InChI=1S/C21H20N4O5S/c1-14(15-6-3-2-4-7-15)12-19-22-23-20(30-19)31-11-5-10-24-17-13-16(25(27)28)8-9-18(17)29-21(24)26/h2-4,6-9,13-14H,5,10-12H2,1H3. The highest BCUT2D eigenvalue weighted by molar-refractivity contribution is 7.99. The summed E-state index contributed by atoms with van der Waals surface area (Å²) in [6, 6.07) is 14.3. The predicted molar refractivity (Wildman–Crippen MR) is 115 cm³/mol. The number of aryl methyl sites for hydroxylation is 1. The van der Waals surface area contributed by atoms with E-state index in [-0.39, 0.29) is 11.6 Å². The third-order valence-corrected chi connectivity index (χ3v) is 5.82. The monoisotopic (exact) mass is 440 g/mol. The molecule has 0 saturated heterocycles. The Labute approximate surface area is 181 Å². The largest absolute Gasteiger partial charge is 0.419 e. The van der Waals surface area contributed by atoms with Crippen LogP contribution in [0.4, 0.5) is 5.69 Å². The number of aromatic nitrogens is 3. The zero-order chi connectivity index (χ0) is 21.8. The summed E-state index contributed by atoms with van der Waals surface area (Å²) in [6.45, 7) is 2.48. The fourth-order valence-corrected chi connectivity index (χ4v) is 4.00. The van der Waals surface area contributed by atoms with Crippen LogP contribution in [0.3, 0.4) is 0 Å². The van der Waals surface area contributed by atoms with Crippen LogP contribution in [0.25, 0.3) is 11.1 Å². The van der Waals surface area contributed by atoms with Gasteiger partial charge in [0.05, 0.1) is 10.4 Å². The fourth-order valence-electron chi connectivity index (χ4n) is 3.30. The molecule has 0 saturated carbocycles. The first kappa shape index (κ1) is 20.9. The molecule has 0 aliphatic rings. The number of oxazole rings is 1. The summed E-state index contributed by atoms with van der Waals surface area (Å²) in [5.41, 5.74) is 1.88. The zero-order valence-electron chi connectivity index (χ0n) is 16.8. The van der Waals surface area contributed by atoms with Gasteiger partial charge >= 0.3 is 5.76 Å². The number of hydrogen-bond acceptors (Lipinski definition) is 8. The molecular weight excluding hydrogens is 420 g/mol. The number of hydrogen-bond donors (Lipinski definition) is 0. The maximum atomic E-state index is 12.1. The third-order valence-electron chi connectivity index (χ3n) is 4.91. The molecule has 160 valence electrons. The molecule has 0 fully saturated rings. The number of rotatable bonds is 9. The quantitative estimate of drug-likeness (QED) is 0.162. The lowest BCUT2D eigenvalue weighted by molar-refractivity contribution is -0.384. The van der Waals surface area contributed by atoms with Gasteiger partial charge in [-0.1, -0.05) is 49.0 Å². The average molecular weight is 440 g/mol. The van der Waals surface area contributed by atoms with Crippen LogP contribution in [-0.4, -0.2) is 25.4 Å². The minimum atomic E-state index is -0.532. The van der Waals surface area contributed by atoms with E-state index in [1.807, 2.05) is 18.2 Å². The lowest BCUT2D eigenvalue weighted by atomic mass is 9.98. The highest BCUT2D eigenvalue weighted by atomic mass is 32.2. The van der Waals surface area contributed by atoms with Crippen molar-refractivity contribution in [3.05, 3.63) is 80.7 Å². The Morgan fingerprint density at radius 3 is 2.74 bits per heavy atom. The normalized spacial score (nSPS) is 12.3. The summed E-state index contributed by atoms with van der Waals surface area (Å²) in [7, 11) is 0. The van der Waals surface area contributed by atoms with E-state index < -0.39 is 10.7 Å². The molecule has 0 bridgehead atoms. The molecule has 31 heavy (non-hydrogen) atoms. The van der Waals surface area contributed by atoms with E-state index in [4.69, 9.17) is 8.83 Å². The Morgan fingerprint density at radius 1 is 1.16 bits per heavy atom. The summed E-state index contributed by atoms with van der Waals surface area (Å²) < 4.78 is 12.3. The van der Waals surface area contributed by atoms with Crippen LogP contribution in [0.1, 0.15) is 30.7 Å². The molecule has 0 radical (unpaired) electrons. The van der Waals surface area contributed by atoms with E-state index in [2.05, 4.69) is 29.3 Å². The van der Waals surface area contributed by atoms with Crippen LogP contribution in [0.5, 0.6) is 0 Å². The van der Waals surface area contributed by atoms with E-state index in [9.17, 15) is 14.9 Å². The van der Waals surface area contributed by atoms with Gasteiger partial charge in [-0.2, -0.15) is 0 Å². The first-order chi connectivity index (χ1) is 15.0. The lowest BCUT2D eigenvalue weighted by Crippen LogP contribution is -2.14. The maximum absolute atomic E-state index is 12.1. The van der Waals surface area contributed by atoms with Crippen molar-refractivity contribution in [1.29, 1.82) is 0 Å². The van der Waals surface area contributed by atoms with Crippen LogP contribution >= 0.6 is 11.8 Å². The number of benzene rings is 2. The fraction of sp³-hybridized carbons (Fsp3) is 0.286. The van der Waals surface area contributed by atoms with Gasteiger partial charge in [-0.3, -0.25) is 14.7 Å². The summed E-state index contributed by atoms with van der Waals surface area (Å²) in [6.07, 6.45) is 1.28. The SMILES string of the molecule is CC(Cc1nnc(SCCCn2c(=O)oc3ccc([N+](=O)[O-])cc32)o1)c1ccccc1. The number of fused-ring (bicyclic) bond motifs is 1. The molecule has 2 aromatic heterocycles. The van der Waals surface area contributed by atoms with E-state index in [0.717, 1.165) is 0 Å². The van der Waals surface area contributed by atoms with Crippen LogP contribution in [0, 0.1) is 10.1 Å². The molecule has 9 nitrogen and oxygen atoms in total. The van der Waals surface area contributed by atoms with Gasteiger partial charge < -0.3 is 8.83 Å². The molecule has 2 heterocycles. The Balaban J connectivity index is 1.32. The minimum Gasteiger partial charge on any atom is -0.416 e. The summed E-state index contributed by atoms with van der Waals surface area (Å²) in [5, 5.41) is 19.7. The third kappa shape index (κ3) is 4.85. The van der Waals surface area contributed by atoms with Crippen LogP contribution in [0.2, 0.25) is 0 Å². The summed E-state index contributed by atoms with van der Waals surface area (Å²) in [5.74, 6) is 0.965. The Morgan fingerprint density at radius 2 is 1.97 bits per heavy atom. The first-order valence-electron chi connectivity index (χ1n) is 9.79. The van der Waals surface area contributed by atoms with Gasteiger partial charge in [-0.15, -0.1) is 10.2 Å². The molecular formula is C21H20N4O5S. The summed E-state index contributed by atoms with van der Waals surface area (Å²) in [4.78, 5) is 22.6. The van der Waals surface area contributed by atoms with Crippen molar-refractivity contribution in [1.82, 2.24) is 14.8 Å². The van der Waals surface area contributed by atoms with Crippen molar-refractivity contribution in [3.63, 3.8) is 0 Å². The van der Waals surface area contributed by atoms with Gasteiger partial charge in [-0.05, 0) is 24.0 Å². The first-order valence-corrected chi connectivity index (χ1v) is 10.8. The van der Waals surface area contributed by atoms with Crippen molar-refractivity contribution in [2.45, 2.75) is 37.5 Å². The second kappa shape index (κ2) is 9.17. The Bertz CT molecular complexity index is 1250. The van der Waals surface area contributed by atoms with Gasteiger partial charge in [0.1, 0.15) is 0 Å². The number of non-ortho nitro benzene ring substituents is 1. The van der Waals surface area contributed by atoms with Crippen molar-refractivity contribution in [3.8, 4) is 0 Å². The molecule has 0 N–H and O–H groups in total. The van der Waals surface area contributed by atoms with E-state index in [1.54, 1.807) is 0 Å². The van der Waals surface area contributed by atoms with Crippen molar-refractivity contribution >= 4 is 28.5 Å². The number of thioether (sulfide) groups is 1. The second-order valence-corrected chi connectivity index (χ2v) is 8.15. The molecule has 10 heteroatoms. The Hall–Kier alpha value is -3.40. The highest BCUT2D eigenvalue weighted by Gasteiger charge is 2.15. The molecule has 0 spiro atoms. The predicted octanol–water partition coefficient (Wildman–Crippen LogP) is 4.41. The van der Waals surface area contributed by atoms with Gasteiger partial charge in [-0.25, -0.2) is 4.79 Å². The summed E-state index contributed by atoms with van der Waals surface area (Å²) >= 11 is 1.41.